The summed E-state index contributed by atoms with van der Waals surface area (Å²) in [6, 6.07) is 5.62. The molecule has 0 amide bonds. The average molecular weight is 341 g/mol. The Balaban J connectivity index is 1.24. The first-order valence-electron chi connectivity index (χ1n) is 9.68. The summed E-state index contributed by atoms with van der Waals surface area (Å²) < 4.78 is 12.5. The van der Waals surface area contributed by atoms with Crippen LogP contribution in [0.25, 0.3) is 0 Å². The van der Waals surface area contributed by atoms with Crippen LogP contribution in [0.2, 0.25) is 0 Å². The monoisotopic (exact) mass is 341 g/mol. The van der Waals surface area contributed by atoms with E-state index < -0.39 is 0 Å². The number of ether oxygens (including phenoxy) is 2. The summed E-state index contributed by atoms with van der Waals surface area (Å²) in [5.74, 6) is 0.615. The first-order valence-corrected chi connectivity index (χ1v) is 9.68. The Morgan fingerprint density at radius 2 is 2.12 bits per heavy atom. The number of likely N-dealkylation sites (tertiary alicyclic amines) is 1. The SMILES string of the molecule is N#Cc1ccc(OC2CCN(CC3CCC4(CCCCC4)O3)C2)nc1. The standard InChI is InChI=1S/C20H27N3O2/c21-12-16-4-5-19(22-13-16)24-17-7-11-23(14-17)15-18-6-10-20(25-18)8-2-1-3-9-20/h4-5,13,17-18H,1-3,6-11,14-15H2. The molecule has 1 saturated carbocycles. The van der Waals surface area contributed by atoms with Crippen LogP contribution in [-0.4, -0.2) is 47.3 Å². The molecule has 25 heavy (non-hydrogen) atoms. The molecule has 5 heteroatoms. The molecule has 134 valence electrons. The largest absolute Gasteiger partial charge is 0.473 e. The minimum absolute atomic E-state index is 0.186. The summed E-state index contributed by atoms with van der Waals surface area (Å²) in [4.78, 5) is 6.68. The van der Waals surface area contributed by atoms with E-state index in [9.17, 15) is 0 Å². The second-order valence-corrected chi connectivity index (χ2v) is 7.81. The lowest BCUT2D eigenvalue weighted by molar-refractivity contribution is -0.0707. The van der Waals surface area contributed by atoms with Gasteiger partial charge in [-0.25, -0.2) is 4.98 Å². The van der Waals surface area contributed by atoms with Crippen molar-refractivity contribution in [1.29, 1.82) is 5.26 Å². The maximum Gasteiger partial charge on any atom is 0.213 e. The quantitative estimate of drug-likeness (QED) is 0.841. The van der Waals surface area contributed by atoms with Gasteiger partial charge < -0.3 is 9.47 Å². The van der Waals surface area contributed by atoms with Crippen molar-refractivity contribution in [2.75, 3.05) is 19.6 Å². The number of nitriles is 1. The summed E-state index contributed by atoms with van der Waals surface area (Å²) in [5, 5.41) is 8.83. The Morgan fingerprint density at radius 3 is 2.88 bits per heavy atom. The van der Waals surface area contributed by atoms with Crippen LogP contribution in [0.15, 0.2) is 18.3 Å². The van der Waals surface area contributed by atoms with E-state index in [1.54, 1.807) is 18.3 Å². The van der Waals surface area contributed by atoms with Crippen molar-refractivity contribution >= 4 is 0 Å². The molecule has 3 fully saturated rings. The summed E-state index contributed by atoms with van der Waals surface area (Å²) in [5.41, 5.74) is 0.778. The van der Waals surface area contributed by atoms with Gasteiger partial charge in [-0.3, -0.25) is 4.90 Å². The number of aromatic nitrogens is 1. The molecule has 0 aromatic carbocycles. The predicted octanol–water partition coefficient (Wildman–Crippen LogP) is 3.29. The van der Waals surface area contributed by atoms with Crippen LogP contribution in [0.3, 0.4) is 0 Å². The van der Waals surface area contributed by atoms with Crippen molar-refractivity contribution in [3.8, 4) is 11.9 Å². The number of nitrogens with zero attached hydrogens (tertiary/aromatic N) is 3. The molecule has 2 atom stereocenters. The van der Waals surface area contributed by atoms with E-state index >= 15 is 0 Å². The molecule has 1 aliphatic carbocycles. The molecule has 1 aromatic rings. The van der Waals surface area contributed by atoms with Gasteiger partial charge in [0.25, 0.3) is 0 Å². The van der Waals surface area contributed by atoms with E-state index in [0.717, 1.165) is 26.1 Å². The van der Waals surface area contributed by atoms with Crippen LogP contribution in [0, 0.1) is 11.3 Å². The Hall–Kier alpha value is -1.64. The molecular weight excluding hydrogens is 314 g/mol. The van der Waals surface area contributed by atoms with Gasteiger partial charge in [-0.1, -0.05) is 19.3 Å². The zero-order chi connectivity index (χ0) is 17.1. The van der Waals surface area contributed by atoms with Crippen molar-refractivity contribution < 1.29 is 9.47 Å². The summed E-state index contributed by atoms with van der Waals surface area (Å²) >= 11 is 0. The molecule has 2 aliphatic heterocycles. The van der Waals surface area contributed by atoms with Gasteiger partial charge in [-0.2, -0.15) is 5.26 Å². The topological polar surface area (TPSA) is 58.4 Å². The molecule has 5 nitrogen and oxygen atoms in total. The lowest BCUT2D eigenvalue weighted by Crippen LogP contribution is -2.36. The van der Waals surface area contributed by atoms with Crippen LogP contribution >= 0.6 is 0 Å². The predicted molar refractivity (Wildman–Crippen MR) is 94.3 cm³/mol. The fourth-order valence-corrected chi connectivity index (χ4v) is 4.62. The number of pyridine rings is 1. The van der Waals surface area contributed by atoms with E-state index in [1.165, 1.54) is 44.9 Å². The van der Waals surface area contributed by atoms with Gasteiger partial charge in [0, 0.05) is 31.9 Å². The fraction of sp³-hybridized carbons (Fsp3) is 0.700. The van der Waals surface area contributed by atoms with Crippen molar-refractivity contribution in [3.63, 3.8) is 0 Å². The second kappa shape index (κ2) is 7.31. The Kier molecular flexibility index (Phi) is 4.91. The summed E-state index contributed by atoms with van der Waals surface area (Å²) in [6.45, 7) is 3.03. The molecule has 1 spiro atoms. The van der Waals surface area contributed by atoms with Gasteiger partial charge in [0.2, 0.25) is 5.88 Å². The Bertz CT molecular complexity index is 619. The van der Waals surface area contributed by atoms with E-state index in [-0.39, 0.29) is 11.7 Å². The molecule has 3 aliphatic rings. The van der Waals surface area contributed by atoms with Crippen LogP contribution < -0.4 is 4.74 Å². The summed E-state index contributed by atoms with van der Waals surface area (Å²) in [7, 11) is 0. The third kappa shape index (κ3) is 3.96. The molecule has 3 heterocycles. The lowest BCUT2D eigenvalue weighted by atomic mass is 9.83. The Morgan fingerprint density at radius 1 is 1.24 bits per heavy atom. The highest BCUT2D eigenvalue weighted by Crippen LogP contribution is 2.42. The molecule has 0 bridgehead atoms. The zero-order valence-corrected chi connectivity index (χ0v) is 14.8. The number of hydrogen-bond acceptors (Lipinski definition) is 5. The average Bonchev–Trinajstić information content (AvgIpc) is 3.24. The first-order chi connectivity index (χ1) is 12.2. The minimum atomic E-state index is 0.186. The maximum absolute atomic E-state index is 8.83. The van der Waals surface area contributed by atoms with Crippen LogP contribution in [0.5, 0.6) is 5.88 Å². The van der Waals surface area contributed by atoms with Gasteiger partial charge in [-0.15, -0.1) is 0 Å². The van der Waals surface area contributed by atoms with E-state index in [0.29, 0.717) is 17.5 Å². The van der Waals surface area contributed by atoms with Crippen molar-refractivity contribution in [2.45, 2.75) is 69.2 Å². The van der Waals surface area contributed by atoms with Gasteiger partial charge in [0.05, 0.1) is 17.3 Å². The smallest absolute Gasteiger partial charge is 0.213 e. The van der Waals surface area contributed by atoms with Crippen molar-refractivity contribution in [3.05, 3.63) is 23.9 Å². The molecule has 0 radical (unpaired) electrons. The molecule has 0 N–H and O–H groups in total. The van der Waals surface area contributed by atoms with Gasteiger partial charge >= 0.3 is 0 Å². The highest BCUT2D eigenvalue weighted by Gasteiger charge is 2.41. The summed E-state index contributed by atoms with van der Waals surface area (Å²) in [6.07, 6.45) is 12.2. The van der Waals surface area contributed by atoms with E-state index in [1.807, 2.05) is 0 Å². The molecular formula is C20H27N3O2. The molecule has 1 aromatic heterocycles. The zero-order valence-electron chi connectivity index (χ0n) is 14.8. The third-order valence-electron chi connectivity index (χ3n) is 5.95. The minimum Gasteiger partial charge on any atom is -0.473 e. The maximum atomic E-state index is 8.83. The number of rotatable bonds is 4. The van der Waals surface area contributed by atoms with Crippen molar-refractivity contribution in [2.24, 2.45) is 0 Å². The highest BCUT2D eigenvalue weighted by molar-refractivity contribution is 5.28. The second-order valence-electron chi connectivity index (χ2n) is 7.81. The van der Waals surface area contributed by atoms with Gasteiger partial charge in [0.15, 0.2) is 0 Å². The first kappa shape index (κ1) is 16.8. The van der Waals surface area contributed by atoms with Crippen LogP contribution in [0.1, 0.15) is 56.9 Å². The Labute approximate surface area is 149 Å². The number of hydrogen-bond donors (Lipinski definition) is 0. The lowest BCUT2D eigenvalue weighted by Gasteiger charge is -2.34. The fourth-order valence-electron chi connectivity index (χ4n) is 4.62. The molecule has 4 rings (SSSR count). The van der Waals surface area contributed by atoms with E-state index in [4.69, 9.17) is 14.7 Å². The molecule has 2 saturated heterocycles. The van der Waals surface area contributed by atoms with Crippen molar-refractivity contribution in [1.82, 2.24) is 9.88 Å². The van der Waals surface area contributed by atoms with Crippen LogP contribution in [-0.2, 0) is 4.74 Å². The highest BCUT2D eigenvalue weighted by atomic mass is 16.5. The third-order valence-corrected chi connectivity index (χ3v) is 5.95. The van der Waals surface area contributed by atoms with Gasteiger partial charge in [0.1, 0.15) is 12.2 Å². The molecule has 2 unspecified atom stereocenters. The van der Waals surface area contributed by atoms with Gasteiger partial charge in [-0.05, 0) is 38.2 Å². The normalized spacial score (nSPS) is 28.9. The van der Waals surface area contributed by atoms with E-state index in [2.05, 4.69) is 16.0 Å². The van der Waals surface area contributed by atoms with Crippen LogP contribution in [0.4, 0.5) is 0 Å².